The highest BCUT2D eigenvalue weighted by molar-refractivity contribution is 7.99. The second-order valence-corrected chi connectivity index (χ2v) is 2.90. The molecule has 1 heterocycles. The van der Waals surface area contributed by atoms with E-state index in [2.05, 4.69) is 10.2 Å². The fourth-order valence-corrected chi connectivity index (χ4v) is 1.06. The number of hydrogen-bond acceptors (Lipinski definition) is 6. The maximum Gasteiger partial charge on any atom is 0.276 e. The lowest BCUT2D eigenvalue weighted by atomic mass is 10.5. The average molecular weight is 187 g/mol. The molecule has 0 atom stereocenters. The molecule has 0 amide bonds. The van der Waals surface area contributed by atoms with Crippen LogP contribution in [0.4, 0.5) is 0 Å². The number of thioether (sulfide) groups is 1. The number of nitrogens with zero attached hydrogens (tertiary/aromatic N) is 2. The van der Waals surface area contributed by atoms with Gasteiger partial charge >= 0.3 is 0 Å². The van der Waals surface area contributed by atoms with Crippen molar-refractivity contribution in [3.8, 4) is 0 Å². The molecule has 0 saturated heterocycles. The van der Waals surface area contributed by atoms with Gasteiger partial charge in [-0.05, 0) is 0 Å². The Bertz CT molecular complexity index is 274. The van der Waals surface area contributed by atoms with Crippen molar-refractivity contribution >= 4 is 17.7 Å². The van der Waals surface area contributed by atoms with Crippen LogP contribution in [0.3, 0.4) is 0 Å². The first-order valence-electron chi connectivity index (χ1n) is 3.37. The van der Waals surface area contributed by atoms with Crippen LogP contribution in [-0.2, 0) is 11.2 Å². The van der Waals surface area contributed by atoms with E-state index in [1.54, 1.807) is 0 Å². The Morgan fingerprint density at radius 2 is 2.42 bits per heavy atom. The van der Waals surface area contributed by atoms with Gasteiger partial charge < -0.3 is 14.3 Å². The van der Waals surface area contributed by atoms with Gasteiger partial charge in [0, 0.05) is 12.2 Å². The zero-order valence-corrected chi connectivity index (χ0v) is 7.26. The van der Waals surface area contributed by atoms with Crippen LogP contribution in [-0.4, -0.2) is 21.9 Å². The van der Waals surface area contributed by atoms with Crippen LogP contribution in [0.1, 0.15) is 12.8 Å². The third-order valence-corrected chi connectivity index (χ3v) is 1.86. The minimum atomic E-state index is -1.14. The molecule has 0 aromatic carbocycles. The van der Waals surface area contributed by atoms with Gasteiger partial charge in [0.2, 0.25) is 5.89 Å². The molecule has 0 fully saturated rings. The normalized spacial score (nSPS) is 10.1. The number of aliphatic carboxylic acids is 1. The highest BCUT2D eigenvalue weighted by Gasteiger charge is 2.03. The van der Waals surface area contributed by atoms with E-state index in [1.807, 2.05) is 6.92 Å². The Morgan fingerprint density at radius 3 is 2.92 bits per heavy atom. The number of carboxylic acids is 1. The first kappa shape index (κ1) is 9.05. The summed E-state index contributed by atoms with van der Waals surface area (Å²) in [7, 11) is 0. The van der Waals surface area contributed by atoms with Crippen LogP contribution >= 0.6 is 11.8 Å². The molecule has 5 nitrogen and oxygen atoms in total. The largest absolute Gasteiger partial charge is 0.549 e. The van der Waals surface area contributed by atoms with Gasteiger partial charge in [-0.25, -0.2) is 0 Å². The Hall–Kier alpha value is -1.04. The lowest BCUT2D eigenvalue weighted by Gasteiger charge is -1.95. The summed E-state index contributed by atoms with van der Waals surface area (Å²) < 4.78 is 5.03. The molecule has 1 aromatic rings. The molecule has 0 saturated carbocycles. The summed E-state index contributed by atoms with van der Waals surface area (Å²) in [5.41, 5.74) is 0. The molecule has 12 heavy (non-hydrogen) atoms. The van der Waals surface area contributed by atoms with E-state index < -0.39 is 5.97 Å². The Morgan fingerprint density at radius 1 is 1.67 bits per heavy atom. The number of carbonyl (C=O) groups excluding carboxylic acids is 1. The van der Waals surface area contributed by atoms with E-state index in [0.29, 0.717) is 12.3 Å². The zero-order valence-electron chi connectivity index (χ0n) is 6.44. The summed E-state index contributed by atoms with van der Waals surface area (Å²) in [6.45, 7) is 1.88. The van der Waals surface area contributed by atoms with Gasteiger partial charge in [0.25, 0.3) is 5.22 Å². The van der Waals surface area contributed by atoms with E-state index in [0.717, 1.165) is 11.8 Å². The molecule has 0 aliphatic heterocycles. The number of carboxylic acid groups (broad SMARTS) is 1. The second-order valence-electron chi connectivity index (χ2n) is 1.98. The highest BCUT2D eigenvalue weighted by Crippen LogP contribution is 2.14. The van der Waals surface area contributed by atoms with E-state index in [4.69, 9.17) is 4.42 Å². The molecule has 0 spiro atoms. The molecule has 6 heteroatoms. The van der Waals surface area contributed by atoms with Crippen LogP contribution in [0.25, 0.3) is 0 Å². The van der Waals surface area contributed by atoms with Gasteiger partial charge in [-0.2, -0.15) is 0 Å². The molecule has 0 aliphatic carbocycles. The first-order valence-corrected chi connectivity index (χ1v) is 4.36. The Labute approximate surface area is 73.2 Å². The predicted molar refractivity (Wildman–Crippen MR) is 39.4 cm³/mol. The summed E-state index contributed by atoms with van der Waals surface area (Å²) in [5.74, 6) is -0.794. The van der Waals surface area contributed by atoms with Crippen molar-refractivity contribution in [3.05, 3.63) is 5.89 Å². The number of aryl methyl sites for hydroxylation is 1. The van der Waals surface area contributed by atoms with Crippen LogP contribution in [0.5, 0.6) is 0 Å². The quantitative estimate of drug-likeness (QED) is 0.590. The number of rotatable bonds is 4. The monoisotopic (exact) mass is 187 g/mol. The Balaban J connectivity index is 2.47. The van der Waals surface area contributed by atoms with Crippen molar-refractivity contribution < 1.29 is 14.3 Å². The lowest BCUT2D eigenvalue weighted by molar-refractivity contribution is -0.301. The summed E-state index contributed by atoms with van der Waals surface area (Å²) >= 11 is 0.962. The topological polar surface area (TPSA) is 79.0 Å². The smallest absolute Gasteiger partial charge is 0.276 e. The van der Waals surface area contributed by atoms with Crippen molar-refractivity contribution in [2.24, 2.45) is 0 Å². The van der Waals surface area contributed by atoms with Crippen LogP contribution in [0.15, 0.2) is 9.64 Å². The molecular formula is C6H7N2O3S-. The number of aromatic nitrogens is 2. The van der Waals surface area contributed by atoms with Crippen molar-refractivity contribution in [2.45, 2.75) is 18.6 Å². The SMILES string of the molecule is CCc1nnc(SCC(=O)[O-])o1. The standard InChI is InChI=1S/C6H8N2O3S/c1-2-4-7-8-6(11-4)12-3-5(9)10/h2-3H2,1H3,(H,9,10)/p-1. The summed E-state index contributed by atoms with van der Waals surface area (Å²) in [6.07, 6.45) is 0.652. The molecule has 0 radical (unpaired) electrons. The van der Waals surface area contributed by atoms with Crippen LogP contribution in [0.2, 0.25) is 0 Å². The molecule has 1 rings (SSSR count). The fourth-order valence-electron chi connectivity index (χ4n) is 0.560. The van der Waals surface area contributed by atoms with Gasteiger partial charge in [-0.15, -0.1) is 10.2 Å². The minimum Gasteiger partial charge on any atom is -0.549 e. The summed E-state index contributed by atoms with van der Waals surface area (Å²) in [4.78, 5) is 10.0. The molecule has 0 unspecified atom stereocenters. The van der Waals surface area contributed by atoms with E-state index in [9.17, 15) is 9.90 Å². The number of carbonyl (C=O) groups is 1. The third-order valence-electron chi connectivity index (χ3n) is 1.06. The first-order chi connectivity index (χ1) is 5.72. The lowest BCUT2D eigenvalue weighted by Crippen LogP contribution is -2.24. The van der Waals surface area contributed by atoms with E-state index in [-0.39, 0.29) is 11.0 Å². The fraction of sp³-hybridized carbons (Fsp3) is 0.500. The van der Waals surface area contributed by atoms with Crippen molar-refractivity contribution in [2.75, 3.05) is 5.75 Å². The van der Waals surface area contributed by atoms with Gasteiger partial charge in [0.1, 0.15) is 0 Å². The van der Waals surface area contributed by atoms with E-state index >= 15 is 0 Å². The van der Waals surface area contributed by atoms with Gasteiger partial charge in [0.15, 0.2) is 0 Å². The molecule has 0 N–H and O–H groups in total. The van der Waals surface area contributed by atoms with Crippen LogP contribution in [0, 0.1) is 0 Å². The maximum atomic E-state index is 10.0. The molecule has 1 aromatic heterocycles. The summed E-state index contributed by atoms with van der Waals surface area (Å²) in [6, 6.07) is 0. The van der Waals surface area contributed by atoms with Crippen molar-refractivity contribution in [1.82, 2.24) is 10.2 Å². The Kier molecular flexibility index (Phi) is 3.09. The molecular weight excluding hydrogens is 180 g/mol. The molecule has 66 valence electrons. The third kappa shape index (κ3) is 2.54. The van der Waals surface area contributed by atoms with Crippen LogP contribution < -0.4 is 5.11 Å². The average Bonchev–Trinajstić information content (AvgIpc) is 2.48. The highest BCUT2D eigenvalue weighted by atomic mass is 32.2. The van der Waals surface area contributed by atoms with Crippen molar-refractivity contribution in [1.29, 1.82) is 0 Å². The summed E-state index contributed by atoms with van der Waals surface area (Å²) in [5, 5.41) is 17.6. The van der Waals surface area contributed by atoms with E-state index in [1.165, 1.54) is 0 Å². The second kappa shape index (κ2) is 4.10. The number of hydrogen-bond donors (Lipinski definition) is 0. The van der Waals surface area contributed by atoms with Gasteiger partial charge in [0.05, 0.1) is 5.97 Å². The molecule has 0 aliphatic rings. The zero-order chi connectivity index (χ0) is 8.97. The van der Waals surface area contributed by atoms with Crippen molar-refractivity contribution in [3.63, 3.8) is 0 Å². The predicted octanol–water partition coefficient (Wildman–Crippen LogP) is -0.526. The molecule has 0 bridgehead atoms. The minimum absolute atomic E-state index is 0.161. The van der Waals surface area contributed by atoms with Gasteiger partial charge in [-0.1, -0.05) is 18.7 Å². The van der Waals surface area contributed by atoms with Gasteiger partial charge in [-0.3, -0.25) is 0 Å². The maximum absolute atomic E-state index is 10.0.